The third-order valence-corrected chi connectivity index (χ3v) is 5.53. The van der Waals surface area contributed by atoms with E-state index in [0.717, 1.165) is 21.9 Å². The fraction of sp³-hybridized carbons (Fsp3) is 0.0625. The molecule has 0 aliphatic rings. The van der Waals surface area contributed by atoms with E-state index in [-0.39, 0.29) is 0 Å². The van der Waals surface area contributed by atoms with Gasteiger partial charge in [0, 0.05) is 16.7 Å². The standard InChI is InChI=1S/C16H12ClN5OS2/c17-11-5-3-10(4-6-11)13-8-12(23-21-13)9-25-16-20-19-15(22(16)18)14-2-1-7-24-14/h1-8H,9,18H2. The van der Waals surface area contributed by atoms with Crippen LogP contribution in [0.2, 0.25) is 5.02 Å². The first kappa shape index (κ1) is 16.2. The molecule has 0 amide bonds. The number of nitrogen functional groups attached to an aromatic ring is 1. The summed E-state index contributed by atoms with van der Waals surface area (Å²) in [4.78, 5) is 0.978. The second-order valence-corrected chi connectivity index (χ2v) is 7.45. The predicted octanol–water partition coefficient (Wildman–Crippen LogP) is 4.32. The Balaban J connectivity index is 1.46. The minimum absolute atomic E-state index is 0.556. The van der Waals surface area contributed by atoms with Crippen molar-refractivity contribution in [2.24, 2.45) is 0 Å². The number of thiophene rings is 1. The van der Waals surface area contributed by atoms with Crippen molar-refractivity contribution in [2.75, 3.05) is 5.84 Å². The first-order valence-electron chi connectivity index (χ1n) is 7.29. The summed E-state index contributed by atoms with van der Waals surface area (Å²) < 4.78 is 6.88. The van der Waals surface area contributed by atoms with Gasteiger partial charge in [-0.25, -0.2) is 4.68 Å². The van der Waals surface area contributed by atoms with Gasteiger partial charge in [0.15, 0.2) is 5.82 Å². The Morgan fingerprint density at radius 3 is 2.80 bits per heavy atom. The van der Waals surface area contributed by atoms with Gasteiger partial charge in [-0.3, -0.25) is 0 Å². The van der Waals surface area contributed by atoms with Crippen LogP contribution < -0.4 is 5.84 Å². The van der Waals surface area contributed by atoms with Crippen molar-refractivity contribution in [3.8, 4) is 22.0 Å². The third kappa shape index (κ3) is 3.41. The molecule has 0 atom stereocenters. The Bertz CT molecular complexity index is 979. The number of hydrogen-bond acceptors (Lipinski definition) is 7. The lowest BCUT2D eigenvalue weighted by atomic mass is 10.1. The summed E-state index contributed by atoms with van der Waals surface area (Å²) in [7, 11) is 0. The molecule has 0 saturated carbocycles. The van der Waals surface area contributed by atoms with Crippen LogP contribution >= 0.6 is 34.7 Å². The molecular formula is C16H12ClN5OS2. The van der Waals surface area contributed by atoms with Crippen molar-refractivity contribution in [2.45, 2.75) is 10.9 Å². The van der Waals surface area contributed by atoms with Crippen LogP contribution in [0, 0.1) is 0 Å². The van der Waals surface area contributed by atoms with Crippen LogP contribution in [0.3, 0.4) is 0 Å². The van der Waals surface area contributed by atoms with Crippen molar-refractivity contribution in [3.63, 3.8) is 0 Å². The Labute approximate surface area is 156 Å². The molecule has 1 aromatic carbocycles. The van der Waals surface area contributed by atoms with Crippen molar-refractivity contribution in [1.29, 1.82) is 0 Å². The first-order chi connectivity index (χ1) is 12.2. The molecule has 3 aromatic heterocycles. The van der Waals surface area contributed by atoms with Crippen LogP contribution in [0.15, 0.2) is 57.5 Å². The lowest BCUT2D eigenvalue weighted by Crippen LogP contribution is -2.11. The van der Waals surface area contributed by atoms with Gasteiger partial charge in [0.25, 0.3) is 0 Å². The summed E-state index contributed by atoms with van der Waals surface area (Å²) in [6.45, 7) is 0. The minimum atomic E-state index is 0.556. The SMILES string of the molecule is Nn1c(SCc2cc(-c3ccc(Cl)cc3)no2)nnc1-c1cccs1. The Hall–Kier alpha value is -2.29. The molecule has 0 saturated heterocycles. The van der Waals surface area contributed by atoms with Crippen molar-refractivity contribution < 1.29 is 4.52 Å². The lowest BCUT2D eigenvalue weighted by molar-refractivity contribution is 0.397. The quantitative estimate of drug-likeness (QED) is 0.404. The number of thioether (sulfide) groups is 1. The number of nitrogens with two attached hydrogens (primary N) is 1. The molecule has 4 rings (SSSR count). The van der Waals surface area contributed by atoms with Gasteiger partial charge in [-0.05, 0) is 23.6 Å². The highest BCUT2D eigenvalue weighted by atomic mass is 35.5. The van der Waals surface area contributed by atoms with Gasteiger partial charge >= 0.3 is 0 Å². The van der Waals surface area contributed by atoms with Gasteiger partial charge in [-0.1, -0.05) is 46.7 Å². The van der Waals surface area contributed by atoms with Gasteiger partial charge in [-0.15, -0.1) is 21.5 Å². The van der Waals surface area contributed by atoms with E-state index in [1.165, 1.54) is 16.4 Å². The second-order valence-electron chi connectivity index (χ2n) is 5.13. The third-order valence-electron chi connectivity index (χ3n) is 3.45. The van der Waals surface area contributed by atoms with E-state index in [9.17, 15) is 0 Å². The summed E-state index contributed by atoms with van der Waals surface area (Å²) in [6.07, 6.45) is 0. The molecular weight excluding hydrogens is 378 g/mol. The monoisotopic (exact) mass is 389 g/mol. The van der Waals surface area contributed by atoms with E-state index in [0.29, 0.717) is 21.8 Å². The average Bonchev–Trinajstić information content (AvgIpc) is 3.34. The van der Waals surface area contributed by atoms with Gasteiger partial charge in [0.2, 0.25) is 5.16 Å². The molecule has 2 N–H and O–H groups in total. The zero-order valence-electron chi connectivity index (χ0n) is 12.8. The van der Waals surface area contributed by atoms with E-state index in [1.54, 1.807) is 11.3 Å². The minimum Gasteiger partial charge on any atom is -0.360 e. The van der Waals surface area contributed by atoms with E-state index in [4.69, 9.17) is 22.0 Å². The maximum atomic E-state index is 6.09. The predicted molar refractivity (Wildman–Crippen MR) is 100.0 cm³/mol. The maximum Gasteiger partial charge on any atom is 0.210 e. The highest BCUT2D eigenvalue weighted by molar-refractivity contribution is 7.98. The van der Waals surface area contributed by atoms with Crippen LogP contribution in [0.5, 0.6) is 0 Å². The zero-order valence-corrected chi connectivity index (χ0v) is 15.2. The molecule has 3 heterocycles. The molecule has 0 radical (unpaired) electrons. The molecule has 0 unspecified atom stereocenters. The summed E-state index contributed by atoms with van der Waals surface area (Å²) in [5.41, 5.74) is 1.71. The molecule has 0 fully saturated rings. The number of halogens is 1. The lowest BCUT2D eigenvalue weighted by Gasteiger charge is -2.00. The van der Waals surface area contributed by atoms with Crippen molar-refractivity contribution in [1.82, 2.24) is 20.0 Å². The van der Waals surface area contributed by atoms with Crippen molar-refractivity contribution in [3.05, 3.63) is 58.6 Å². The van der Waals surface area contributed by atoms with E-state index in [2.05, 4.69) is 15.4 Å². The van der Waals surface area contributed by atoms with Crippen LogP contribution in [0.25, 0.3) is 22.0 Å². The average molecular weight is 390 g/mol. The van der Waals surface area contributed by atoms with Gasteiger partial charge in [0.1, 0.15) is 11.5 Å². The number of nitrogens with zero attached hydrogens (tertiary/aromatic N) is 4. The van der Waals surface area contributed by atoms with Crippen LogP contribution in [0.4, 0.5) is 0 Å². The summed E-state index contributed by atoms with van der Waals surface area (Å²) in [5.74, 6) is 8.03. The van der Waals surface area contributed by atoms with Crippen LogP contribution in [-0.2, 0) is 5.75 Å². The molecule has 4 aromatic rings. The maximum absolute atomic E-state index is 6.09. The van der Waals surface area contributed by atoms with E-state index in [1.807, 2.05) is 47.8 Å². The highest BCUT2D eigenvalue weighted by Crippen LogP contribution is 2.28. The number of rotatable bonds is 5. The van der Waals surface area contributed by atoms with Crippen LogP contribution in [0.1, 0.15) is 5.76 Å². The Morgan fingerprint density at radius 2 is 2.04 bits per heavy atom. The molecule has 25 heavy (non-hydrogen) atoms. The first-order valence-corrected chi connectivity index (χ1v) is 9.54. The molecule has 9 heteroatoms. The summed E-state index contributed by atoms with van der Waals surface area (Å²) >= 11 is 8.91. The van der Waals surface area contributed by atoms with Crippen LogP contribution in [-0.4, -0.2) is 20.0 Å². The summed E-state index contributed by atoms with van der Waals surface area (Å²) in [5, 5.41) is 15.7. The highest BCUT2D eigenvalue weighted by Gasteiger charge is 2.14. The fourth-order valence-electron chi connectivity index (χ4n) is 2.22. The van der Waals surface area contributed by atoms with E-state index >= 15 is 0 Å². The number of benzene rings is 1. The summed E-state index contributed by atoms with van der Waals surface area (Å²) in [6, 6.07) is 13.3. The second kappa shape index (κ2) is 6.91. The number of hydrogen-bond donors (Lipinski definition) is 1. The molecule has 0 bridgehead atoms. The van der Waals surface area contributed by atoms with Crippen molar-refractivity contribution >= 4 is 34.7 Å². The molecule has 0 aliphatic heterocycles. The topological polar surface area (TPSA) is 82.8 Å². The molecule has 126 valence electrons. The molecule has 6 nitrogen and oxygen atoms in total. The smallest absolute Gasteiger partial charge is 0.210 e. The Kier molecular flexibility index (Phi) is 4.48. The van der Waals surface area contributed by atoms with Gasteiger partial charge in [-0.2, -0.15) is 0 Å². The number of aromatic nitrogens is 4. The Morgan fingerprint density at radius 1 is 1.20 bits per heavy atom. The molecule has 0 aliphatic carbocycles. The van der Waals surface area contributed by atoms with Gasteiger partial charge < -0.3 is 10.4 Å². The van der Waals surface area contributed by atoms with Gasteiger partial charge in [0.05, 0.1) is 10.6 Å². The zero-order chi connectivity index (χ0) is 17.2. The largest absolute Gasteiger partial charge is 0.360 e. The van der Waals surface area contributed by atoms with E-state index < -0.39 is 0 Å². The fourth-order valence-corrected chi connectivity index (χ4v) is 3.79. The normalized spacial score (nSPS) is 11.1. The molecule has 0 spiro atoms.